The number of aliphatic hydroxyl groups is 1. The Bertz CT molecular complexity index is 1540. The zero-order valence-corrected chi connectivity index (χ0v) is 22.9. The lowest BCUT2D eigenvalue weighted by atomic mass is 9.80. The van der Waals surface area contributed by atoms with Crippen LogP contribution in [0.3, 0.4) is 0 Å². The average Bonchev–Trinajstić information content (AvgIpc) is 3.57. The Morgan fingerprint density at radius 2 is 1.84 bits per heavy atom. The fourth-order valence-electron chi connectivity index (χ4n) is 8.10. The van der Waals surface area contributed by atoms with Crippen LogP contribution < -0.4 is 5.56 Å². The van der Waals surface area contributed by atoms with Crippen LogP contribution in [0, 0.1) is 10.8 Å². The summed E-state index contributed by atoms with van der Waals surface area (Å²) < 4.78 is 2.10. The van der Waals surface area contributed by atoms with E-state index in [2.05, 4.69) is 46.5 Å². The summed E-state index contributed by atoms with van der Waals surface area (Å²) >= 11 is 6.41. The van der Waals surface area contributed by atoms with Crippen molar-refractivity contribution in [2.24, 2.45) is 10.8 Å². The van der Waals surface area contributed by atoms with Crippen molar-refractivity contribution in [2.45, 2.75) is 70.1 Å². The third-order valence-electron chi connectivity index (χ3n) is 10.4. The van der Waals surface area contributed by atoms with Gasteiger partial charge >= 0.3 is 0 Å². The minimum absolute atomic E-state index is 0.000833. The number of aromatic nitrogens is 2. The van der Waals surface area contributed by atoms with E-state index in [1.807, 2.05) is 12.1 Å². The number of hydrogen-bond donors (Lipinski definition) is 1. The fraction of sp³-hybridized carbons (Fsp3) is 0.516. The van der Waals surface area contributed by atoms with Gasteiger partial charge in [0.25, 0.3) is 5.56 Å². The molecule has 7 heteroatoms. The van der Waals surface area contributed by atoms with E-state index >= 15 is 0 Å². The van der Waals surface area contributed by atoms with Crippen LogP contribution >= 0.6 is 11.6 Å². The van der Waals surface area contributed by atoms with Crippen LogP contribution in [0.15, 0.2) is 41.2 Å². The van der Waals surface area contributed by atoms with Crippen molar-refractivity contribution in [2.75, 3.05) is 19.7 Å². The Balaban J connectivity index is 1.15. The van der Waals surface area contributed by atoms with Crippen LogP contribution in [0.1, 0.15) is 81.7 Å². The number of fused-ring (bicyclic) bond motifs is 7. The number of aliphatic hydroxyl groups excluding tert-OH is 1. The molecular weight excluding hydrogens is 498 g/mol. The van der Waals surface area contributed by atoms with Gasteiger partial charge in [-0.2, -0.15) is 4.98 Å². The molecular formula is C31H34ClN3O3. The lowest BCUT2D eigenvalue weighted by Gasteiger charge is -2.38. The van der Waals surface area contributed by atoms with E-state index in [9.17, 15) is 14.7 Å². The number of rotatable bonds is 3. The van der Waals surface area contributed by atoms with Gasteiger partial charge < -0.3 is 10.0 Å². The van der Waals surface area contributed by atoms with Crippen molar-refractivity contribution < 1.29 is 9.90 Å². The highest BCUT2D eigenvalue weighted by Gasteiger charge is 2.58. The zero-order chi connectivity index (χ0) is 26.4. The Kier molecular flexibility index (Phi) is 5.22. The second-order valence-corrected chi connectivity index (χ2v) is 13.2. The molecule has 2 saturated carbocycles. The molecule has 1 saturated heterocycles. The van der Waals surface area contributed by atoms with E-state index in [4.69, 9.17) is 11.6 Å². The van der Waals surface area contributed by atoms with Gasteiger partial charge in [-0.1, -0.05) is 29.8 Å². The molecule has 7 rings (SSSR count). The van der Waals surface area contributed by atoms with Gasteiger partial charge in [-0.3, -0.25) is 14.2 Å². The molecule has 1 amide bonds. The van der Waals surface area contributed by atoms with Crippen LogP contribution in [-0.4, -0.2) is 45.2 Å². The molecule has 0 unspecified atom stereocenters. The number of amides is 1. The largest absolute Gasteiger partial charge is 0.396 e. The second kappa shape index (κ2) is 8.15. The van der Waals surface area contributed by atoms with Gasteiger partial charge in [0.1, 0.15) is 5.82 Å². The van der Waals surface area contributed by atoms with E-state index in [1.54, 1.807) is 6.07 Å². The van der Waals surface area contributed by atoms with Crippen molar-refractivity contribution in [1.29, 1.82) is 0 Å². The van der Waals surface area contributed by atoms with E-state index in [-0.39, 0.29) is 23.0 Å². The fourth-order valence-corrected chi connectivity index (χ4v) is 8.35. The molecule has 1 aromatic heterocycles. The van der Waals surface area contributed by atoms with Crippen LogP contribution in [0.25, 0.3) is 16.6 Å². The minimum atomic E-state index is -0.416. The summed E-state index contributed by atoms with van der Waals surface area (Å²) in [5, 5.41) is 10.8. The highest BCUT2D eigenvalue weighted by molar-refractivity contribution is 6.35. The summed E-state index contributed by atoms with van der Waals surface area (Å²) in [6.07, 6.45) is 6.61. The van der Waals surface area contributed by atoms with Gasteiger partial charge in [-0.15, -0.1) is 0 Å². The number of hydrogen-bond acceptors (Lipinski definition) is 4. The van der Waals surface area contributed by atoms with Gasteiger partial charge in [0.2, 0.25) is 5.91 Å². The lowest BCUT2D eigenvalue weighted by Crippen LogP contribution is -2.45. The monoisotopic (exact) mass is 531 g/mol. The summed E-state index contributed by atoms with van der Waals surface area (Å²) in [5.74, 6) is 1.47. The predicted octanol–water partition coefficient (Wildman–Crippen LogP) is 5.33. The lowest BCUT2D eigenvalue weighted by molar-refractivity contribution is -0.142. The number of carbonyl (C=O) groups excluding carboxylic acids is 1. The van der Waals surface area contributed by atoms with Crippen molar-refractivity contribution in [3.05, 3.63) is 68.7 Å². The first-order valence-electron chi connectivity index (χ1n) is 13.9. The van der Waals surface area contributed by atoms with Crippen molar-refractivity contribution in [3.63, 3.8) is 0 Å². The summed E-state index contributed by atoms with van der Waals surface area (Å²) in [4.78, 5) is 33.1. The Morgan fingerprint density at radius 3 is 2.53 bits per heavy atom. The van der Waals surface area contributed by atoms with Crippen LogP contribution in [0.5, 0.6) is 0 Å². The molecule has 0 atom stereocenters. The first-order valence-corrected chi connectivity index (χ1v) is 14.3. The van der Waals surface area contributed by atoms with E-state index in [0.29, 0.717) is 22.2 Å². The van der Waals surface area contributed by atoms with Crippen molar-refractivity contribution in [1.82, 2.24) is 14.5 Å². The average molecular weight is 532 g/mol. The van der Waals surface area contributed by atoms with E-state index < -0.39 is 5.41 Å². The van der Waals surface area contributed by atoms with Crippen LogP contribution in [0.2, 0.25) is 5.02 Å². The summed E-state index contributed by atoms with van der Waals surface area (Å²) in [7, 11) is 0. The van der Waals surface area contributed by atoms with Gasteiger partial charge in [-0.25, -0.2) is 0 Å². The summed E-state index contributed by atoms with van der Waals surface area (Å²) in [5.41, 5.74) is 3.38. The van der Waals surface area contributed by atoms with Gasteiger partial charge in [-0.05, 0) is 99.5 Å². The third kappa shape index (κ3) is 3.26. The van der Waals surface area contributed by atoms with Gasteiger partial charge in [0, 0.05) is 19.7 Å². The summed E-state index contributed by atoms with van der Waals surface area (Å²) in [6, 6.07) is 12.2. The molecule has 38 heavy (non-hydrogen) atoms. The van der Waals surface area contributed by atoms with E-state index in [1.165, 1.54) is 11.1 Å². The van der Waals surface area contributed by atoms with Crippen molar-refractivity contribution in [3.8, 4) is 5.69 Å². The molecule has 3 fully saturated rings. The van der Waals surface area contributed by atoms with E-state index in [0.717, 1.165) is 75.1 Å². The molecule has 1 N–H and O–H groups in total. The smallest absolute Gasteiger partial charge is 0.282 e. The molecule has 2 aromatic carbocycles. The van der Waals surface area contributed by atoms with Gasteiger partial charge in [0.15, 0.2) is 0 Å². The standard InChI is InChI=1S/C31H34ClN3O3/c1-29(2)21-16-20(6-7-23(21)35-24-5-3-4-22(32)25(24)26(37)33-27(29)35)19-8-14-34(15-9-19)28(38)31-12-10-30(17-31,18-36)11-13-31/h3-7,16,19,36H,8-15,17-18H2,1-2H3. The maximum absolute atomic E-state index is 13.6. The maximum Gasteiger partial charge on any atom is 0.282 e. The topological polar surface area (TPSA) is 75.4 Å². The maximum atomic E-state index is 13.6. The van der Waals surface area contributed by atoms with Gasteiger partial charge in [0.05, 0.1) is 32.4 Å². The highest BCUT2D eigenvalue weighted by atomic mass is 35.5. The SMILES string of the molecule is CC1(C)c2cc(C3CCN(C(=O)C45CCC(CO)(CC4)C5)CC3)ccc2-n2c1nc(=O)c1c(Cl)cccc12. The molecule has 6 nitrogen and oxygen atoms in total. The molecule has 2 bridgehead atoms. The Morgan fingerprint density at radius 1 is 1.11 bits per heavy atom. The molecule has 2 aliphatic heterocycles. The number of nitrogens with zero attached hydrogens (tertiary/aromatic N) is 3. The number of halogens is 1. The molecule has 198 valence electrons. The minimum Gasteiger partial charge on any atom is -0.396 e. The molecule has 4 aliphatic rings. The highest BCUT2D eigenvalue weighted by Crippen LogP contribution is 2.62. The first-order chi connectivity index (χ1) is 18.2. The second-order valence-electron chi connectivity index (χ2n) is 12.8. The van der Waals surface area contributed by atoms with Crippen molar-refractivity contribution >= 4 is 28.4 Å². The quantitative estimate of drug-likeness (QED) is 0.496. The number of carbonyl (C=O) groups is 1. The molecule has 0 spiro atoms. The summed E-state index contributed by atoms with van der Waals surface area (Å²) in [6.45, 7) is 6.06. The zero-order valence-electron chi connectivity index (χ0n) is 22.1. The molecule has 3 heterocycles. The molecule has 2 aliphatic carbocycles. The first kappa shape index (κ1) is 24.3. The number of benzene rings is 2. The normalized spacial score (nSPS) is 27.6. The Labute approximate surface area is 227 Å². The number of piperidine rings is 1. The Hall–Kier alpha value is -2.70. The number of likely N-dealkylation sites (tertiary alicyclic amines) is 1. The van der Waals surface area contributed by atoms with Crippen LogP contribution in [0.4, 0.5) is 0 Å². The molecule has 3 aromatic rings. The third-order valence-corrected chi connectivity index (χ3v) is 10.7. The predicted molar refractivity (Wildman–Crippen MR) is 148 cm³/mol. The van der Waals surface area contributed by atoms with Crippen LogP contribution in [-0.2, 0) is 10.2 Å². The molecule has 0 radical (unpaired) electrons.